The Morgan fingerprint density at radius 3 is 2.30 bits per heavy atom. The summed E-state index contributed by atoms with van der Waals surface area (Å²) in [6, 6.07) is 26.0. The van der Waals surface area contributed by atoms with Crippen molar-refractivity contribution in [2.45, 2.75) is 19.4 Å². The van der Waals surface area contributed by atoms with E-state index in [1.165, 1.54) is 0 Å². The third-order valence-electron chi connectivity index (χ3n) is 4.97. The van der Waals surface area contributed by atoms with Crippen molar-refractivity contribution < 1.29 is 14.3 Å². The quantitative estimate of drug-likeness (QED) is 0.581. The fraction of sp³-hybridized carbons (Fsp3) is 0.200. The molecular formula is C25H26N2O3. The predicted molar refractivity (Wildman–Crippen MR) is 119 cm³/mol. The number of rotatable bonds is 8. The van der Waals surface area contributed by atoms with E-state index in [9.17, 15) is 9.59 Å². The van der Waals surface area contributed by atoms with Crippen LogP contribution in [-0.4, -0.2) is 30.4 Å². The Morgan fingerprint density at radius 1 is 0.933 bits per heavy atom. The maximum atomic E-state index is 12.6. The number of carbonyl (C=O) groups is 2. The van der Waals surface area contributed by atoms with Crippen molar-refractivity contribution in [2.75, 3.05) is 19.0 Å². The lowest BCUT2D eigenvalue weighted by Crippen LogP contribution is -2.30. The van der Waals surface area contributed by atoms with E-state index in [1.807, 2.05) is 79.7 Å². The summed E-state index contributed by atoms with van der Waals surface area (Å²) in [5, 5.41) is 2.91. The van der Waals surface area contributed by atoms with Gasteiger partial charge in [0.1, 0.15) is 5.75 Å². The molecule has 0 saturated carbocycles. The SMILES string of the molecule is C[C@H](c1cccc(NC(=O)c2ccccc2)c1)N(C)C(=O)CCOc1ccccc1. The van der Waals surface area contributed by atoms with E-state index in [0.29, 0.717) is 24.3 Å². The molecule has 0 aliphatic heterocycles. The number of nitrogens with one attached hydrogen (secondary N) is 1. The Bertz CT molecular complexity index is 974. The zero-order valence-electron chi connectivity index (χ0n) is 17.2. The van der Waals surface area contributed by atoms with Crippen LogP contribution in [0.3, 0.4) is 0 Å². The Balaban J connectivity index is 1.57. The molecular weight excluding hydrogens is 376 g/mol. The summed E-state index contributed by atoms with van der Waals surface area (Å²) in [4.78, 5) is 26.7. The van der Waals surface area contributed by atoms with Crippen LogP contribution in [0.4, 0.5) is 5.69 Å². The minimum Gasteiger partial charge on any atom is -0.493 e. The van der Waals surface area contributed by atoms with Crippen molar-refractivity contribution in [3.05, 3.63) is 96.1 Å². The van der Waals surface area contributed by atoms with E-state index in [-0.39, 0.29) is 17.9 Å². The van der Waals surface area contributed by atoms with Crippen molar-refractivity contribution in [3.8, 4) is 5.75 Å². The maximum absolute atomic E-state index is 12.6. The smallest absolute Gasteiger partial charge is 0.255 e. The fourth-order valence-electron chi connectivity index (χ4n) is 3.06. The summed E-state index contributed by atoms with van der Waals surface area (Å²) < 4.78 is 5.62. The second-order valence-electron chi connectivity index (χ2n) is 7.04. The molecule has 0 aromatic heterocycles. The second-order valence-corrected chi connectivity index (χ2v) is 7.04. The van der Waals surface area contributed by atoms with E-state index in [0.717, 1.165) is 11.3 Å². The van der Waals surface area contributed by atoms with Crippen LogP contribution >= 0.6 is 0 Å². The number of carbonyl (C=O) groups excluding carboxylic acids is 2. The average Bonchev–Trinajstić information content (AvgIpc) is 2.79. The van der Waals surface area contributed by atoms with Gasteiger partial charge in [-0.25, -0.2) is 0 Å². The molecule has 0 aliphatic rings. The Labute approximate surface area is 177 Å². The molecule has 1 atom stereocenters. The number of para-hydroxylation sites is 1. The Kier molecular flexibility index (Phi) is 7.22. The van der Waals surface area contributed by atoms with Gasteiger partial charge in [0.15, 0.2) is 0 Å². The molecule has 30 heavy (non-hydrogen) atoms. The van der Waals surface area contributed by atoms with Gasteiger partial charge in [-0.15, -0.1) is 0 Å². The summed E-state index contributed by atoms with van der Waals surface area (Å²) >= 11 is 0. The highest BCUT2D eigenvalue weighted by Crippen LogP contribution is 2.23. The molecule has 0 bridgehead atoms. The molecule has 0 radical (unpaired) electrons. The van der Waals surface area contributed by atoms with Crippen molar-refractivity contribution in [3.63, 3.8) is 0 Å². The first-order chi connectivity index (χ1) is 14.5. The van der Waals surface area contributed by atoms with Crippen molar-refractivity contribution in [1.29, 1.82) is 0 Å². The van der Waals surface area contributed by atoms with E-state index in [1.54, 1.807) is 24.1 Å². The highest BCUT2D eigenvalue weighted by molar-refractivity contribution is 6.04. The van der Waals surface area contributed by atoms with Gasteiger partial charge in [0.2, 0.25) is 5.91 Å². The van der Waals surface area contributed by atoms with Gasteiger partial charge in [0, 0.05) is 18.3 Å². The minimum atomic E-state index is -0.164. The van der Waals surface area contributed by atoms with Gasteiger partial charge >= 0.3 is 0 Å². The first-order valence-corrected chi connectivity index (χ1v) is 9.94. The zero-order valence-corrected chi connectivity index (χ0v) is 17.2. The Hall–Kier alpha value is -3.60. The molecule has 3 aromatic rings. The number of benzene rings is 3. The van der Waals surface area contributed by atoms with Crippen molar-refractivity contribution in [2.24, 2.45) is 0 Å². The van der Waals surface area contributed by atoms with Crippen LogP contribution in [-0.2, 0) is 4.79 Å². The van der Waals surface area contributed by atoms with Crippen LogP contribution in [0.25, 0.3) is 0 Å². The van der Waals surface area contributed by atoms with Gasteiger partial charge in [0.25, 0.3) is 5.91 Å². The van der Waals surface area contributed by atoms with E-state index >= 15 is 0 Å². The van der Waals surface area contributed by atoms with Gasteiger partial charge < -0.3 is 15.0 Å². The normalized spacial score (nSPS) is 11.4. The number of anilines is 1. The third-order valence-corrected chi connectivity index (χ3v) is 4.97. The molecule has 2 amide bonds. The largest absolute Gasteiger partial charge is 0.493 e. The standard InChI is InChI=1S/C25H26N2O3/c1-19(27(2)24(28)16-17-30-23-14-7-4-8-15-23)21-12-9-13-22(18-21)26-25(29)20-10-5-3-6-11-20/h3-15,18-19H,16-17H2,1-2H3,(H,26,29)/t19-/m1/s1. The minimum absolute atomic E-state index is 0.00263. The predicted octanol–water partition coefficient (Wildman–Crippen LogP) is 4.93. The zero-order chi connectivity index (χ0) is 21.3. The van der Waals surface area contributed by atoms with Gasteiger partial charge in [-0.2, -0.15) is 0 Å². The molecule has 3 rings (SSSR count). The molecule has 5 heteroatoms. The van der Waals surface area contributed by atoms with Gasteiger partial charge in [-0.05, 0) is 48.9 Å². The van der Waals surface area contributed by atoms with E-state index < -0.39 is 0 Å². The van der Waals surface area contributed by atoms with Gasteiger partial charge in [-0.3, -0.25) is 9.59 Å². The molecule has 1 N–H and O–H groups in total. The van der Waals surface area contributed by atoms with E-state index in [2.05, 4.69) is 5.32 Å². The van der Waals surface area contributed by atoms with Crippen LogP contribution in [0.15, 0.2) is 84.9 Å². The Morgan fingerprint density at radius 2 is 1.60 bits per heavy atom. The van der Waals surface area contributed by atoms with Crippen LogP contribution < -0.4 is 10.1 Å². The molecule has 154 valence electrons. The van der Waals surface area contributed by atoms with Crippen LogP contribution in [0.1, 0.15) is 35.3 Å². The molecule has 0 fully saturated rings. The average molecular weight is 402 g/mol. The highest BCUT2D eigenvalue weighted by Gasteiger charge is 2.18. The lowest BCUT2D eigenvalue weighted by molar-refractivity contribution is -0.132. The number of hydrogen-bond acceptors (Lipinski definition) is 3. The van der Waals surface area contributed by atoms with Gasteiger partial charge in [-0.1, -0.05) is 48.5 Å². The maximum Gasteiger partial charge on any atom is 0.255 e. The molecule has 3 aromatic carbocycles. The third kappa shape index (κ3) is 5.70. The van der Waals surface area contributed by atoms with Crippen LogP contribution in [0.2, 0.25) is 0 Å². The summed E-state index contributed by atoms with van der Waals surface area (Å²) in [6.07, 6.45) is 0.292. The lowest BCUT2D eigenvalue weighted by atomic mass is 10.1. The first kappa shape index (κ1) is 21.1. The van der Waals surface area contributed by atoms with Gasteiger partial charge in [0.05, 0.1) is 19.1 Å². The second kappa shape index (κ2) is 10.3. The van der Waals surface area contributed by atoms with Crippen LogP contribution in [0, 0.1) is 0 Å². The fourth-order valence-corrected chi connectivity index (χ4v) is 3.06. The monoisotopic (exact) mass is 402 g/mol. The molecule has 0 saturated heterocycles. The van der Waals surface area contributed by atoms with Crippen molar-refractivity contribution >= 4 is 17.5 Å². The van der Waals surface area contributed by atoms with Crippen molar-refractivity contribution in [1.82, 2.24) is 4.90 Å². The number of ether oxygens (including phenoxy) is 1. The lowest BCUT2D eigenvalue weighted by Gasteiger charge is -2.26. The van der Waals surface area contributed by atoms with Crippen LogP contribution in [0.5, 0.6) is 5.75 Å². The molecule has 0 aliphatic carbocycles. The highest BCUT2D eigenvalue weighted by atomic mass is 16.5. The molecule has 0 heterocycles. The summed E-state index contributed by atoms with van der Waals surface area (Å²) in [5.74, 6) is 0.586. The first-order valence-electron chi connectivity index (χ1n) is 9.94. The number of hydrogen-bond donors (Lipinski definition) is 1. The summed E-state index contributed by atoms with van der Waals surface area (Å²) in [5.41, 5.74) is 2.24. The summed E-state index contributed by atoms with van der Waals surface area (Å²) in [7, 11) is 1.78. The number of amides is 2. The summed E-state index contributed by atoms with van der Waals surface area (Å²) in [6.45, 7) is 2.29. The molecule has 0 unspecified atom stereocenters. The van der Waals surface area contributed by atoms with E-state index in [4.69, 9.17) is 4.74 Å². The number of nitrogens with zero attached hydrogens (tertiary/aromatic N) is 1. The molecule has 5 nitrogen and oxygen atoms in total. The topological polar surface area (TPSA) is 58.6 Å². The molecule has 0 spiro atoms.